The Labute approximate surface area is 102 Å². The number of carbonyl (C=O) groups excluding carboxylic acids is 1. The lowest BCUT2D eigenvalue weighted by Crippen LogP contribution is -2.35. The summed E-state index contributed by atoms with van der Waals surface area (Å²) in [7, 11) is 0. The summed E-state index contributed by atoms with van der Waals surface area (Å²) in [5.74, 6) is 0.291. The Morgan fingerprint density at radius 1 is 1.24 bits per heavy atom. The molecule has 1 aromatic rings. The smallest absolute Gasteiger partial charge is 0.233 e. The third-order valence-electron chi connectivity index (χ3n) is 2.38. The van der Waals surface area contributed by atoms with Crippen molar-refractivity contribution in [3.8, 4) is 5.75 Å². The quantitative estimate of drug-likeness (QED) is 0.620. The fourth-order valence-corrected chi connectivity index (χ4v) is 1.45. The molecule has 0 unspecified atom stereocenters. The molecular weight excluding hydrogens is 216 g/mol. The van der Waals surface area contributed by atoms with E-state index in [1.165, 1.54) is 0 Å². The Kier molecular flexibility index (Phi) is 6.10. The molecule has 1 amide bonds. The molecule has 4 heteroatoms. The molecular formula is C13H20N2O2. The molecule has 1 aromatic carbocycles. The van der Waals surface area contributed by atoms with E-state index in [9.17, 15) is 4.79 Å². The summed E-state index contributed by atoms with van der Waals surface area (Å²) in [5, 5.41) is 15.0. The molecule has 0 aliphatic heterocycles. The molecule has 0 aromatic heterocycles. The fourth-order valence-electron chi connectivity index (χ4n) is 1.45. The molecule has 0 aliphatic rings. The summed E-state index contributed by atoms with van der Waals surface area (Å²) in [6, 6.07) is 7.02. The third kappa shape index (κ3) is 5.92. The van der Waals surface area contributed by atoms with Crippen LogP contribution in [0.2, 0.25) is 0 Å². The highest BCUT2D eigenvalue weighted by Crippen LogP contribution is 2.09. The maximum atomic E-state index is 11.3. The maximum absolute atomic E-state index is 11.3. The third-order valence-corrected chi connectivity index (χ3v) is 2.38. The zero-order chi connectivity index (χ0) is 12.5. The van der Waals surface area contributed by atoms with Crippen molar-refractivity contribution in [3.63, 3.8) is 0 Å². The predicted octanol–water partition coefficient (Wildman–Crippen LogP) is 1.05. The van der Waals surface area contributed by atoms with Crippen LogP contribution in [0.3, 0.4) is 0 Å². The molecule has 0 spiro atoms. The molecule has 4 nitrogen and oxygen atoms in total. The van der Waals surface area contributed by atoms with Gasteiger partial charge in [-0.3, -0.25) is 4.79 Å². The Hall–Kier alpha value is -1.55. The van der Waals surface area contributed by atoms with Crippen molar-refractivity contribution in [2.24, 2.45) is 0 Å². The van der Waals surface area contributed by atoms with Crippen LogP contribution in [0.15, 0.2) is 24.3 Å². The lowest BCUT2D eigenvalue weighted by molar-refractivity contribution is -0.120. The number of phenolic OH excluding ortho intramolecular Hbond substituents is 1. The van der Waals surface area contributed by atoms with Crippen LogP contribution in [-0.2, 0) is 11.2 Å². The van der Waals surface area contributed by atoms with Crippen molar-refractivity contribution in [3.05, 3.63) is 29.8 Å². The molecule has 1 rings (SSSR count). The van der Waals surface area contributed by atoms with E-state index in [0.29, 0.717) is 13.1 Å². The number of amides is 1. The minimum Gasteiger partial charge on any atom is -0.508 e. The van der Waals surface area contributed by atoms with Crippen LogP contribution in [0, 0.1) is 0 Å². The van der Waals surface area contributed by atoms with E-state index in [-0.39, 0.29) is 11.7 Å². The molecule has 0 heterocycles. The topological polar surface area (TPSA) is 61.4 Å². The largest absolute Gasteiger partial charge is 0.508 e. The van der Waals surface area contributed by atoms with Crippen LogP contribution in [0.5, 0.6) is 5.75 Å². The van der Waals surface area contributed by atoms with E-state index >= 15 is 0 Å². The number of aromatic hydroxyl groups is 1. The minimum atomic E-state index is 0.0252. The SMILES string of the molecule is CCCNCC(=O)NCCc1ccc(O)cc1. The van der Waals surface area contributed by atoms with Gasteiger partial charge in [0.05, 0.1) is 6.54 Å². The monoisotopic (exact) mass is 236 g/mol. The van der Waals surface area contributed by atoms with Gasteiger partial charge in [-0.15, -0.1) is 0 Å². The van der Waals surface area contributed by atoms with E-state index in [4.69, 9.17) is 5.11 Å². The van der Waals surface area contributed by atoms with Gasteiger partial charge in [-0.2, -0.15) is 0 Å². The molecule has 0 bridgehead atoms. The summed E-state index contributed by atoms with van der Waals surface area (Å²) in [4.78, 5) is 11.3. The lowest BCUT2D eigenvalue weighted by Gasteiger charge is -2.06. The van der Waals surface area contributed by atoms with Gasteiger partial charge in [0.15, 0.2) is 0 Å². The first-order valence-corrected chi connectivity index (χ1v) is 5.97. The molecule has 0 saturated carbocycles. The van der Waals surface area contributed by atoms with Crippen LogP contribution in [0.25, 0.3) is 0 Å². The average Bonchev–Trinajstić information content (AvgIpc) is 2.32. The summed E-state index contributed by atoms with van der Waals surface area (Å²) in [6.45, 7) is 3.93. The van der Waals surface area contributed by atoms with Crippen molar-refractivity contribution in [1.82, 2.24) is 10.6 Å². The number of carbonyl (C=O) groups is 1. The van der Waals surface area contributed by atoms with Gasteiger partial charge in [-0.05, 0) is 37.1 Å². The molecule has 0 atom stereocenters. The van der Waals surface area contributed by atoms with Crippen LogP contribution >= 0.6 is 0 Å². The van der Waals surface area contributed by atoms with Gasteiger partial charge in [0.1, 0.15) is 5.75 Å². The van der Waals surface area contributed by atoms with Gasteiger partial charge in [-0.25, -0.2) is 0 Å². The second kappa shape index (κ2) is 7.68. The van der Waals surface area contributed by atoms with Crippen LogP contribution in [0.4, 0.5) is 0 Å². The summed E-state index contributed by atoms with van der Waals surface area (Å²) in [5.41, 5.74) is 1.10. The number of rotatable bonds is 7. The van der Waals surface area contributed by atoms with Gasteiger partial charge >= 0.3 is 0 Å². The highest BCUT2D eigenvalue weighted by molar-refractivity contribution is 5.77. The Morgan fingerprint density at radius 2 is 1.94 bits per heavy atom. The van der Waals surface area contributed by atoms with Gasteiger partial charge in [-0.1, -0.05) is 19.1 Å². The molecule has 3 N–H and O–H groups in total. The van der Waals surface area contributed by atoms with Crippen LogP contribution in [0.1, 0.15) is 18.9 Å². The van der Waals surface area contributed by atoms with E-state index in [1.807, 2.05) is 12.1 Å². The van der Waals surface area contributed by atoms with Crippen LogP contribution in [-0.4, -0.2) is 30.6 Å². The number of benzene rings is 1. The first-order valence-electron chi connectivity index (χ1n) is 5.97. The Morgan fingerprint density at radius 3 is 2.59 bits per heavy atom. The number of hydrogen-bond acceptors (Lipinski definition) is 3. The molecule has 94 valence electrons. The normalized spacial score (nSPS) is 10.2. The molecule has 0 aliphatic carbocycles. The van der Waals surface area contributed by atoms with Crippen molar-refractivity contribution in [2.45, 2.75) is 19.8 Å². The summed E-state index contributed by atoms with van der Waals surface area (Å²) >= 11 is 0. The second-order valence-corrected chi connectivity index (χ2v) is 3.94. The average molecular weight is 236 g/mol. The van der Waals surface area contributed by atoms with Gasteiger partial charge in [0.25, 0.3) is 0 Å². The number of phenols is 1. The highest BCUT2D eigenvalue weighted by atomic mass is 16.3. The molecule has 0 fully saturated rings. The lowest BCUT2D eigenvalue weighted by atomic mass is 10.1. The van der Waals surface area contributed by atoms with Gasteiger partial charge in [0.2, 0.25) is 5.91 Å². The van der Waals surface area contributed by atoms with E-state index in [0.717, 1.165) is 24.9 Å². The van der Waals surface area contributed by atoms with Crippen LogP contribution < -0.4 is 10.6 Å². The fraction of sp³-hybridized carbons (Fsp3) is 0.462. The van der Waals surface area contributed by atoms with Crippen molar-refractivity contribution in [1.29, 1.82) is 0 Å². The standard InChI is InChI=1S/C13H20N2O2/c1-2-8-14-10-13(17)15-9-7-11-3-5-12(16)6-4-11/h3-6,14,16H,2,7-10H2,1H3,(H,15,17). The first kappa shape index (κ1) is 13.5. The van der Waals surface area contributed by atoms with E-state index < -0.39 is 0 Å². The maximum Gasteiger partial charge on any atom is 0.233 e. The van der Waals surface area contributed by atoms with Crippen molar-refractivity contribution >= 4 is 5.91 Å². The zero-order valence-electron chi connectivity index (χ0n) is 10.2. The summed E-state index contributed by atoms with van der Waals surface area (Å²) < 4.78 is 0. The molecule has 0 saturated heterocycles. The zero-order valence-corrected chi connectivity index (χ0v) is 10.2. The van der Waals surface area contributed by atoms with Crippen molar-refractivity contribution < 1.29 is 9.90 Å². The number of hydrogen-bond donors (Lipinski definition) is 3. The predicted molar refractivity (Wildman–Crippen MR) is 68.0 cm³/mol. The minimum absolute atomic E-state index is 0.0252. The van der Waals surface area contributed by atoms with E-state index in [1.54, 1.807) is 12.1 Å². The van der Waals surface area contributed by atoms with Gasteiger partial charge in [0, 0.05) is 6.54 Å². The van der Waals surface area contributed by atoms with Gasteiger partial charge < -0.3 is 15.7 Å². The molecule has 17 heavy (non-hydrogen) atoms. The number of nitrogens with one attached hydrogen (secondary N) is 2. The highest BCUT2D eigenvalue weighted by Gasteiger charge is 1.99. The summed E-state index contributed by atoms with van der Waals surface area (Å²) in [6.07, 6.45) is 1.81. The Balaban J connectivity index is 2.14. The van der Waals surface area contributed by atoms with Crippen molar-refractivity contribution in [2.75, 3.05) is 19.6 Å². The second-order valence-electron chi connectivity index (χ2n) is 3.94. The molecule has 0 radical (unpaired) electrons. The first-order chi connectivity index (χ1) is 8.22. The van der Waals surface area contributed by atoms with E-state index in [2.05, 4.69) is 17.6 Å². The Bertz CT molecular complexity index is 336.